The third kappa shape index (κ3) is 1.37. The third-order valence-corrected chi connectivity index (χ3v) is 2.24. The van der Waals surface area contributed by atoms with Gasteiger partial charge in [0.2, 0.25) is 0 Å². The molecule has 1 aliphatic heterocycles. The van der Waals surface area contributed by atoms with Crippen LogP contribution in [0.1, 0.15) is 17.9 Å². The lowest BCUT2D eigenvalue weighted by Crippen LogP contribution is -2.14. The SMILES string of the molecule is O=CC1CCOc2ccc(O)cc21. The zero-order chi connectivity index (χ0) is 9.26. The Morgan fingerprint density at radius 1 is 1.54 bits per heavy atom. The molecule has 1 aromatic rings. The molecular formula is C10H10O3. The van der Waals surface area contributed by atoms with Gasteiger partial charge in [-0.3, -0.25) is 0 Å². The molecule has 0 fully saturated rings. The van der Waals surface area contributed by atoms with Gasteiger partial charge < -0.3 is 14.6 Å². The molecular weight excluding hydrogens is 168 g/mol. The first-order chi connectivity index (χ1) is 6.31. The lowest BCUT2D eigenvalue weighted by atomic mass is 9.94. The van der Waals surface area contributed by atoms with E-state index in [0.29, 0.717) is 18.8 Å². The lowest BCUT2D eigenvalue weighted by Gasteiger charge is -2.21. The average molecular weight is 178 g/mol. The molecule has 2 rings (SSSR count). The van der Waals surface area contributed by atoms with Crippen molar-refractivity contribution in [3.63, 3.8) is 0 Å². The minimum absolute atomic E-state index is 0.129. The van der Waals surface area contributed by atoms with Gasteiger partial charge in [-0.2, -0.15) is 0 Å². The van der Waals surface area contributed by atoms with Gasteiger partial charge in [-0.25, -0.2) is 0 Å². The van der Waals surface area contributed by atoms with Gasteiger partial charge in [0.1, 0.15) is 17.8 Å². The topological polar surface area (TPSA) is 46.5 Å². The van der Waals surface area contributed by atoms with Crippen molar-refractivity contribution in [2.24, 2.45) is 0 Å². The van der Waals surface area contributed by atoms with Gasteiger partial charge in [0.25, 0.3) is 0 Å². The zero-order valence-electron chi connectivity index (χ0n) is 7.06. The quantitative estimate of drug-likeness (QED) is 0.662. The highest BCUT2D eigenvalue weighted by Gasteiger charge is 2.20. The van der Waals surface area contributed by atoms with Crippen LogP contribution in [0.25, 0.3) is 0 Å². The standard InChI is InChI=1S/C10H10O3/c11-6-7-3-4-13-10-2-1-8(12)5-9(7)10/h1-2,5-7,12H,3-4H2. The fraction of sp³-hybridized carbons (Fsp3) is 0.300. The normalized spacial score (nSPS) is 20.2. The summed E-state index contributed by atoms with van der Waals surface area (Å²) in [6, 6.07) is 4.85. The first kappa shape index (κ1) is 8.10. The summed E-state index contributed by atoms with van der Waals surface area (Å²) < 4.78 is 5.34. The molecule has 1 heterocycles. The van der Waals surface area contributed by atoms with E-state index in [9.17, 15) is 9.90 Å². The molecule has 0 bridgehead atoms. The molecule has 0 amide bonds. The van der Waals surface area contributed by atoms with Crippen molar-refractivity contribution in [3.05, 3.63) is 23.8 Å². The summed E-state index contributed by atoms with van der Waals surface area (Å²) in [4.78, 5) is 10.7. The minimum Gasteiger partial charge on any atom is -0.508 e. The first-order valence-corrected chi connectivity index (χ1v) is 4.22. The van der Waals surface area contributed by atoms with Crippen molar-refractivity contribution in [1.29, 1.82) is 0 Å². The van der Waals surface area contributed by atoms with Crippen molar-refractivity contribution in [1.82, 2.24) is 0 Å². The summed E-state index contributed by atoms with van der Waals surface area (Å²) in [6.45, 7) is 0.571. The Morgan fingerprint density at radius 3 is 3.15 bits per heavy atom. The van der Waals surface area contributed by atoms with E-state index in [2.05, 4.69) is 0 Å². The molecule has 68 valence electrons. The van der Waals surface area contributed by atoms with E-state index in [1.54, 1.807) is 18.2 Å². The molecule has 3 nitrogen and oxygen atoms in total. The number of ether oxygens (including phenoxy) is 1. The number of benzene rings is 1. The predicted octanol–water partition coefficient (Wildman–Crippen LogP) is 1.46. The molecule has 1 aromatic carbocycles. The van der Waals surface area contributed by atoms with Gasteiger partial charge in [0.15, 0.2) is 0 Å². The summed E-state index contributed by atoms with van der Waals surface area (Å²) >= 11 is 0. The summed E-state index contributed by atoms with van der Waals surface area (Å²) in [5.41, 5.74) is 0.793. The number of phenols is 1. The van der Waals surface area contributed by atoms with E-state index in [1.807, 2.05) is 0 Å². The number of aldehydes is 1. The molecule has 0 saturated carbocycles. The van der Waals surface area contributed by atoms with Gasteiger partial charge in [-0.05, 0) is 24.6 Å². The van der Waals surface area contributed by atoms with E-state index in [4.69, 9.17) is 4.74 Å². The molecule has 1 unspecified atom stereocenters. The van der Waals surface area contributed by atoms with Crippen molar-refractivity contribution in [2.75, 3.05) is 6.61 Å². The summed E-state index contributed by atoms with van der Waals surface area (Å²) in [6.07, 6.45) is 1.60. The van der Waals surface area contributed by atoms with Crippen molar-refractivity contribution in [3.8, 4) is 11.5 Å². The number of hydrogen-bond acceptors (Lipinski definition) is 3. The minimum atomic E-state index is -0.129. The number of carbonyl (C=O) groups is 1. The van der Waals surface area contributed by atoms with Crippen LogP contribution in [0.4, 0.5) is 0 Å². The highest BCUT2D eigenvalue weighted by atomic mass is 16.5. The van der Waals surface area contributed by atoms with Gasteiger partial charge in [-0.15, -0.1) is 0 Å². The molecule has 3 heteroatoms. The summed E-state index contributed by atoms with van der Waals surface area (Å²) in [7, 11) is 0. The van der Waals surface area contributed by atoms with Crippen molar-refractivity contribution < 1.29 is 14.6 Å². The van der Waals surface area contributed by atoms with Crippen LogP contribution in [-0.2, 0) is 4.79 Å². The zero-order valence-corrected chi connectivity index (χ0v) is 7.06. The molecule has 1 N–H and O–H groups in total. The second-order valence-corrected chi connectivity index (χ2v) is 3.10. The van der Waals surface area contributed by atoms with Crippen molar-refractivity contribution in [2.45, 2.75) is 12.3 Å². The van der Waals surface area contributed by atoms with Crippen LogP contribution < -0.4 is 4.74 Å². The van der Waals surface area contributed by atoms with E-state index in [0.717, 1.165) is 11.8 Å². The molecule has 0 radical (unpaired) electrons. The maximum atomic E-state index is 10.7. The Bertz CT molecular complexity index is 333. The predicted molar refractivity (Wildman–Crippen MR) is 47.0 cm³/mol. The van der Waals surface area contributed by atoms with Crippen LogP contribution in [0, 0.1) is 0 Å². The highest BCUT2D eigenvalue weighted by Crippen LogP contribution is 2.34. The van der Waals surface area contributed by atoms with E-state index >= 15 is 0 Å². The molecule has 0 spiro atoms. The number of carbonyl (C=O) groups excluding carboxylic acids is 1. The van der Waals surface area contributed by atoms with Crippen LogP contribution in [0.3, 0.4) is 0 Å². The molecule has 1 atom stereocenters. The third-order valence-electron chi connectivity index (χ3n) is 2.24. The molecule has 0 saturated heterocycles. The highest BCUT2D eigenvalue weighted by molar-refractivity contribution is 5.65. The Kier molecular flexibility index (Phi) is 1.93. The monoisotopic (exact) mass is 178 g/mol. The van der Waals surface area contributed by atoms with Crippen LogP contribution in [0.2, 0.25) is 0 Å². The smallest absolute Gasteiger partial charge is 0.127 e. The van der Waals surface area contributed by atoms with Crippen LogP contribution >= 0.6 is 0 Å². The number of phenolic OH excluding ortho intramolecular Hbond substituents is 1. The number of hydrogen-bond donors (Lipinski definition) is 1. The largest absolute Gasteiger partial charge is 0.508 e. The van der Waals surface area contributed by atoms with Gasteiger partial charge in [-0.1, -0.05) is 0 Å². The second-order valence-electron chi connectivity index (χ2n) is 3.10. The van der Waals surface area contributed by atoms with E-state index in [1.165, 1.54) is 0 Å². The van der Waals surface area contributed by atoms with E-state index < -0.39 is 0 Å². The fourth-order valence-corrected chi connectivity index (χ4v) is 1.55. The molecule has 0 aromatic heterocycles. The maximum Gasteiger partial charge on any atom is 0.127 e. The van der Waals surface area contributed by atoms with Crippen LogP contribution in [0.15, 0.2) is 18.2 Å². The molecule has 13 heavy (non-hydrogen) atoms. The summed E-state index contributed by atoms with van der Waals surface area (Å²) in [5, 5.41) is 9.23. The van der Waals surface area contributed by atoms with Gasteiger partial charge >= 0.3 is 0 Å². The fourth-order valence-electron chi connectivity index (χ4n) is 1.55. The number of rotatable bonds is 1. The number of fused-ring (bicyclic) bond motifs is 1. The first-order valence-electron chi connectivity index (χ1n) is 4.22. The van der Waals surface area contributed by atoms with Crippen molar-refractivity contribution >= 4 is 6.29 Å². The van der Waals surface area contributed by atoms with Crippen LogP contribution in [-0.4, -0.2) is 18.0 Å². The van der Waals surface area contributed by atoms with Gasteiger partial charge in [0.05, 0.1) is 6.61 Å². The lowest BCUT2D eigenvalue weighted by molar-refractivity contribution is -0.109. The van der Waals surface area contributed by atoms with Gasteiger partial charge in [0, 0.05) is 11.5 Å². The number of aromatic hydroxyl groups is 1. The molecule has 1 aliphatic rings. The Labute approximate surface area is 76.0 Å². The van der Waals surface area contributed by atoms with Crippen LogP contribution in [0.5, 0.6) is 11.5 Å². The Balaban J connectivity index is 2.47. The maximum absolute atomic E-state index is 10.7. The second kappa shape index (κ2) is 3.09. The summed E-state index contributed by atoms with van der Waals surface area (Å²) in [5.74, 6) is 0.758. The van der Waals surface area contributed by atoms with E-state index in [-0.39, 0.29) is 11.7 Å². The Morgan fingerprint density at radius 2 is 2.38 bits per heavy atom. The molecule has 0 aliphatic carbocycles. The average Bonchev–Trinajstić information content (AvgIpc) is 2.17. The Hall–Kier alpha value is -1.51.